The minimum Gasteiger partial charge on any atom is -0.227 e. The summed E-state index contributed by atoms with van der Waals surface area (Å²) in [7, 11) is 0. The number of thioether (sulfide) groups is 1. The fraction of sp³-hybridized carbons (Fsp3) is 0.375. The molecule has 1 rings (SSSR count). The van der Waals surface area contributed by atoms with Crippen LogP contribution in [0.25, 0.3) is 0 Å². The number of aryl methyl sites for hydroxylation is 1. The van der Waals surface area contributed by atoms with E-state index in [1.807, 2.05) is 6.07 Å². The molecular weight excluding hydrogens is 206 g/mol. The molecule has 0 N–H and O–H groups in total. The van der Waals surface area contributed by atoms with Crippen LogP contribution in [0.1, 0.15) is 11.5 Å². The van der Waals surface area contributed by atoms with Gasteiger partial charge in [-0.05, 0) is 6.92 Å². The SMILES string of the molecule is Cc1nc(C#N)cc(SCCCl)n1. The topological polar surface area (TPSA) is 49.6 Å². The van der Waals surface area contributed by atoms with E-state index in [0.29, 0.717) is 17.4 Å². The first-order chi connectivity index (χ1) is 6.26. The second-order valence-electron chi connectivity index (χ2n) is 2.29. The van der Waals surface area contributed by atoms with Gasteiger partial charge in [0.25, 0.3) is 0 Å². The molecule has 68 valence electrons. The van der Waals surface area contributed by atoms with Crippen molar-refractivity contribution in [3.05, 3.63) is 17.6 Å². The highest BCUT2D eigenvalue weighted by molar-refractivity contribution is 7.99. The maximum absolute atomic E-state index is 8.64. The summed E-state index contributed by atoms with van der Waals surface area (Å²) in [4.78, 5) is 8.10. The van der Waals surface area contributed by atoms with Crippen LogP contribution in [0.4, 0.5) is 0 Å². The summed E-state index contributed by atoms with van der Waals surface area (Å²) in [6, 6.07) is 3.66. The maximum Gasteiger partial charge on any atom is 0.145 e. The zero-order valence-electron chi connectivity index (χ0n) is 7.12. The van der Waals surface area contributed by atoms with Gasteiger partial charge in [0.15, 0.2) is 0 Å². The summed E-state index contributed by atoms with van der Waals surface area (Å²) in [5.74, 6) is 1.99. The summed E-state index contributed by atoms with van der Waals surface area (Å²) >= 11 is 7.07. The largest absolute Gasteiger partial charge is 0.227 e. The smallest absolute Gasteiger partial charge is 0.145 e. The number of halogens is 1. The van der Waals surface area contributed by atoms with Crippen LogP contribution in [0, 0.1) is 18.3 Å². The van der Waals surface area contributed by atoms with Crippen LogP contribution in [0.5, 0.6) is 0 Å². The lowest BCUT2D eigenvalue weighted by atomic mass is 10.4. The molecule has 0 aliphatic heterocycles. The van der Waals surface area contributed by atoms with E-state index < -0.39 is 0 Å². The molecule has 0 fully saturated rings. The van der Waals surface area contributed by atoms with Crippen molar-refractivity contribution in [3.63, 3.8) is 0 Å². The van der Waals surface area contributed by atoms with Crippen molar-refractivity contribution in [3.8, 4) is 6.07 Å². The average Bonchev–Trinajstić information content (AvgIpc) is 2.14. The Kier molecular flexibility index (Phi) is 4.00. The van der Waals surface area contributed by atoms with Gasteiger partial charge in [0, 0.05) is 17.7 Å². The van der Waals surface area contributed by atoms with Crippen LogP contribution in [0.3, 0.4) is 0 Å². The van der Waals surface area contributed by atoms with Gasteiger partial charge in [-0.2, -0.15) is 5.26 Å². The summed E-state index contributed by atoms with van der Waals surface area (Å²) in [5, 5.41) is 9.45. The standard InChI is InChI=1S/C8H8ClN3S/c1-6-11-7(5-10)4-8(12-6)13-3-2-9/h4H,2-3H2,1H3. The molecule has 0 amide bonds. The second kappa shape index (κ2) is 5.05. The molecule has 0 aliphatic rings. The summed E-state index contributed by atoms with van der Waals surface area (Å²) in [6.07, 6.45) is 0. The molecular formula is C8H8ClN3S. The van der Waals surface area contributed by atoms with Crippen molar-refractivity contribution in [2.24, 2.45) is 0 Å². The van der Waals surface area contributed by atoms with Crippen LogP contribution < -0.4 is 0 Å². The Morgan fingerprint density at radius 3 is 3.00 bits per heavy atom. The monoisotopic (exact) mass is 213 g/mol. The first-order valence-corrected chi connectivity index (χ1v) is 5.23. The van der Waals surface area contributed by atoms with Crippen molar-refractivity contribution in [2.45, 2.75) is 11.9 Å². The third-order valence-electron chi connectivity index (χ3n) is 1.26. The normalized spacial score (nSPS) is 9.62. The van der Waals surface area contributed by atoms with Crippen LogP contribution in [0.15, 0.2) is 11.1 Å². The number of hydrogen-bond acceptors (Lipinski definition) is 4. The first kappa shape index (κ1) is 10.3. The quantitative estimate of drug-likeness (QED) is 0.438. The molecule has 13 heavy (non-hydrogen) atoms. The van der Waals surface area contributed by atoms with E-state index in [2.05, 4.69) is 9.97 Å². The third kappa shape index (κ3) is 3.21. The van der Waals surface area contributed by atoms with E-state index in [4.69, 9.17) is 16.9 Å². The van der Waals surface area contributed by atoms with Gasteiger partial charge in [-0.1, -0.05) is 0 Å². The molecule has 0 unspecified atom stereocenters. The van der Waals surface area contributed by atoms with Crippen molar-refractivity contribution in [1.29, 1.82) is 5.26 Å². The van der Waals surface area contributed by atoms with Crippen LogP contribution in [-0.4, -0.2) is 21.6 Å². The minimum absolute atomic E-state index is 0.407. The number of rotatable bonds is 3. The molecule has 3 nitrogen and oxygen atoms in total. The predicted octanol–water partition coefficient (Wildman–Crippen LogP) is 1.99. The zero-order valence-corrected chi connectivity index (χ0v) is 8.69. The lowest BCUT2D eigenvalue weighted by Crippen LogP contribution is -1.94. The van der Waals surface area contributed by atoms with Crippen molar-refractivity contribution < 1.29 is 0 Å². The molecule has 0 spiro atoms. The summed E-state index contributed by atoms with van der Waals surface area (Å²) < 4.78 is 0. The van der Waals surface area contributed by atoms with Gasteiger partial charge >= 0.3 is 0 Å². The van der Waals surface area contributed by atoms with Crippen molar-refractivity contribution >= 4 is 23.4 Å². The number of alkyl halides is 1. The summed E-state index contributed by atoms with van der Waals surface area (Å²) in [5.41, 5.74) is 0.407. The molecule has 0 aromatic carbocycles. The molecule has 0 aliphatic carbocycles. The molecule has 0 saturated heterocycles. The van der Waals surface area contributed by atoms with Gasteiger partial charge in [-0.15, -0.1) is 23.4 Å². The number of hydrogen-bond donors (Lipinski definition) is 0. The summed E-state index contributed by atoms with van der Waals surface area (Å²) in [6.45, 7) is 1.77. The fourth-order valence-corrected chi connectivity index (χ4v) is 1.72. The van der Waals surface area contributed by atoms with Gasteiger partial charge in [0.2, 0.25) is 0 Å². The first-order valence-electron chi connectivity index (χ1n) is 3.71. The van der Waals surface area contributed by atoms with E-state index in [1.165, 1.54) is 11.8 Å². The Labute approximate surface area is 86.1 Å². The second-order valence-corrected chi connectivity index (χ2v) is 3.78. The van der Waals surface area contributed by atoms with E-state index in [0.717, 1.165) is 10.8 Å². The highest BCUT2D eigenvalue weighted by Gasteiger charge is 2.00. The lowest BCUT2D eigenvalue weighted by Gasteiger charge is -1.99. The third-order valence-corrected chi connectivity index (χ3v) is 2.58. The van der Waals surface area contributed by atoms with E-state index in [9.17, 15) is 0 Å². The molecule has 1 heterocycles. The Morgan fingerprint density at radius 2 is 2.38 bits per heavy atom. The maximum atomic E-state index is 8.64. The minimum atomic E-state index is 0.407. The van der Waals surface area contributed by atoms with Gasteiger partial charge in [0.05, 0.1) is 0 Å². The van der Waals surface area contributed by atoms with Gasteiger partial charge in [-0.25, -0.2) is 9.97 Å². The van der Waals surface area contributed by atoms with E-state index in [-0.39, 0.29) is 0 Å². The predicted molar refractivity (Wildman–Crippen MR) is 52.9 cm³/mol. The molecule has 0 bridgehead atoms. The van der Waals surface area contributed by atoms with Crippen molar-refractivity contribution in [2.75, 3.05) is 11.6 Å². The molecule has 0 saturated carbocycles. The van der Waals surface area contributed by atoms with Crippen LogP contribution >= 0.6 is 23.4 Å². The van der Waals surface area contributed by atoms with Gasteiger partial charge < -0.3 is 0 Å². The molecule has 1 aromatic heterocycles. The number of nitriles is 1. The average molecular weight is 214 g/mol. The highest BCUT2D eigenvalue weighted by atomic mass is 35.5. The fourth-order valence-electron chi connectivity index (χ4n) is 0.815. The highest BCUT2D eigenvalue weighted by Crippen LogP contribution is 2.15. The molecule has 0 radical (unpaired) electrons. The Hall–Kier alpha value is -0.790. The number of nitrogens with zero attached hydrogens (tertiary/aromatic N) is 3. The molecule has 1 aromatic rings. The molecule has 0 atom stereocenters. The van der Waals surface area contributed by atoms with E-state index in [1.54, 1.807) is 13.0 Å². The van der Waals surface area contributed by atoms with Crippen LogP contribution in [-0.2, 0) is 0 Å². The van der Waals surface area contributed by atoms with Gasteiger partial charge in [0.1, 0.15) is 22.6 Å². The van der Waals surface area contributed by atoms with Crippen molar-refractivity contribution in [1.82, 2.24) is 9.97 Å². The Morgan fingerprint density at radius 1 is 1.62 bits per heavy atom. The zero-order chi connectivity index (χ0) is 9.68. The molecule has 5 heteroatoms. The Bertz CT molecular complexity index is 335. The van der Waals surface area contributed by atoms with E-state index >= 15 is 0 Å². The lowest BCUT2D eigenvalue weighted by molar-refractivity contribution is 0.955. The Balaban J connectivity index is 2.83. The van der Waals surface area contributed by atoms with Gasteiger partial charge in [-0.3, -0.25) is 0 Å². The van der Waals surface area contributed by atoms with Crippen LogP contribution in [0.2, 0.25) is 0 Å². The number of aromatic nitrogens is 2.